The van der Waals surface area contributed by atoms with Gasteiger partial charge in [0.05, 0.1) is 20.4 Å². The normalized spacial score (nSPS) is 10.3. The Bertz CT molecular complexity index is 894. The molecule has 0 heterocycles. The summed E-state index contributed by atoms with van der Waals surface area (Å²) in [5, 5.41) is 6.63. The van der Waals surface area contributed by atoms with Crippen LogP contribution in [-0.4, -0.2) is 45.4 Å². The molecule has 2 N–H and O–H groups in total. The summed E-state index contributed by atoms with van der Waals surface area (Å²) in [6.07, 6.45) is 3.17. The van der Waals surface area contributed by atoms with Crippen LogP contribution >= 0.6 is 0 Å². The van der Waals surface area contributed by atoms with Crippen molar-refractivity contribution in [3.63, 3.8) is 0 Å². The van der Waals surface area contributed by atoms with E-state index in [1.54, 1.807) is 62.8 Å². The van der Waals surface area contributed by atoms with Gasteiger partial charge >= 0.3 is 0 Å². The number of methoxy groups -OCH3 is 2. The zero-order chi connectivity index (χ0) is 21.8. The molecule has 8 heteroatoms. The number of hydrogen-bond donors (Lipinski definition) is 2. The molecule has 30 heavy (non-hydrogen) atoms. The van der Waals surface area contributed by atoms with E-state index in [2.05, 4.69) is 22.4 Å². The second-order valence-corrected chi connectivity index (χ2v) is 6.01. The van der Waals surface area contributed by atoms with Crippen molar-refractivity contribution >= 4 is 18.0 Å². The molecule has 0 unspecified atom stereocenters. The van der Waals surface area contributed by atoms with Gasteiger partial charge in [-0.25, -0.2) is 5.43 Å². The van der Waals surface area contributed by atoms with Gasteiger partial charge in [0.2, 0.25) is 5.91 Å². The van der Waals surface area contributed by atoms with E-state index in [1.165, 1.54) is 6.21 Å². The Kier molecular flexibility index (Phi) is 8.92. The Morgan fingerprint density at radius 2 is 1.87 bits per heavy atom. The largest absolute Gasteiger partial charge is 0.497 e. The molecule has 0 radical (unpaired) electrons. The van der Waals surface area contributed by atoms with Crippen molar-refractivity contribution < 1.29 is 23.8 Å². The molecule has 0 atom stereocenters. The Morgan fingerprint density at radius 3 is 2.53 bits per heavy atom. The lowest BCUT2D eigenvalue weighted by atomic mass is 10.2. The van der Waals surface area contributed by atoms with Crippen LogP contribution in [0.25, 0.3) is 0 Å². The topological polar surface area (TPSA) is 98.2 Å². The second-order valence-electron chi connectivity index (χ2n) is 6.01. The minimum absolute atomic E-state index is 0.0805. The third-order valence-electron chi connectivity index (χ3n) is 3.96. The van der Waals surface area contributed by atoms with E-state index in [1.807, 2.05) is 0 Å². The number of ether oxygens (including phenoxy) is 3. The third-order valence-corrected chi connectivity index (χ3v) is 3.96. The van der Waals surface area contributed by atoms with Crippen LogP contribution in [0.15, 0.2) is 60.2 Å². The van der Waals surface area contributed by atoms with Crippen molar-refractivity contribution in [2.24, 2.45) is 5.10 Å². The van der Waals surface area contributed by atoms with Crippen molar-refractivity contribution in [1.82, 2.24) is 10.7 Å². The molecule has 0 spiro atoms. The summed E-state index contributed by atoms with van der Waals surface area (Å²) in [7, 11) is 3.10. The Morgan fingerprint density at radius 1 is 1.10 bits per heavy atom. The fourth-order valence-electron chi connectivity index (χ4n) is 2.46. The summed E-state index contributed by atoms with van der Waals surface area (Å²) in [4.78, 5) is 24.0. The number of benzene rings is 2. The van der Waals surface area contributed by atoms with Crippen LogP contribution < -0.4 is 25.0 Å². The van der Waals surface area contributed by atoms with Gasteiger partial charge in [0.25, 0.3) is 5.91 Å². The molecule has 2 aromatic rings. The molecule has 2 amide bonds. The zero-order valence-corrected chi connectivity index (χ0v) is 17.0. The van der Waals surface area contributed by atoms with Crippen LogP contribution in [0.1, 0.15) is 22.3 Å². The van der Waals surface area contributed by atoms with E-state index in [0.29, 0.717) is 35.0 Å². The first-order valence-electron chi connectivity index (χ1n) is 9.24. The summed E-state index contributed by atoms with van der Waals surface area (Å²) in [6.45, 7) is 4.11. The number of hydrazone groups is 1. The van der Waals surface area contributed by atoms with Gasteiger partial charge in [0.15, 0.2) is 11.5 Å². The fourth-order valence-corrected chi connectivity index (χ4v) is 2.46. The standard InChI is InChI=1S/C22H25N3O5/c1-4-14-30-21-17(6-5-7-19(21)29-3)15-24-25-20(26)12-13-23-22(27)16-8-10-18(28-2)11-9-16/h4-11,15H,1,12-14H2,2-3H3,(H,23,27)(H,25,26). The maximum atomic E-state index is 12.1. The van der Waals surface area contributed by atoms with Crippen molar-refractivity contribution in [2.45, 2.75) is 6.42 Å². The molecule has 0 saturated carbocycles. The SMILES string of the molecule is C=CCOc1c(C=NNC(=O)CCNC(=O)c2ccc(OC)cc2)cccc1OC. The first-order valence-corrected chi connectivity index (χ1v) is 9.24. The highest BCUT2D eigenvalue weighted by Gasteiger charge is 2.09. The van der Waals surface area contributed by atoms with Gasteiger partial charge < -0.3 is 19.5 Å². The van der Waals surface area contributed by atoms with E-state index in [4.69, 9.17) is 14.2 Å². The second kappa shape index (κ2) is 11.9. The Hall–Kier alpha value is -3.81. The number of para-hydroxylation sites is 1. The van der Waals surface area contributed by atoms with E-state index in [9.17, 15) is 9.59 Å². The van der Waals surface area contributed by atoms with Crippen LogP contribution in [0.2, 0.25) is 0 Å². The maximum absolute atomic E-state index is 12.1. The van der Waals surface area contributed by atoms with Gasteiger partial charge in [-0.05, 0) is 36.4 Å². The molecule has 2 rings (SSSR count). The van der Waals surface area contributed by atoms with Crippen molar-refractivity contribution in [3.8, 4) is 17.2 Å². The molecule has 2 aromatic carbocycles. The lowest BCUT2D eigenvalue weighted by molar-refractivity contribution is -0.120. The van der Waals surface area contributed by atoms with Gasteiger partial charge in [0.1, 0.15) is 12.4 Å². The number of carbonyl (C=O) groups is 2. The molecule has 0 aliphatic carbocycles. The third kappa shape index (κ3) is 6.66. The van der Waals surface area contributed by atoms with Crippen molar-refractivity contribution in [2.75, 3.05) is 27.4 Å². The summed E-state index contributed by atoms with van der Waals surface area (Å²) in [5.74, 6) is 1.11. The van der Waals surface area contributed by atoms with Gasteiger partial charge in [0, 0.05) is 24.1 Å². The lowest BCUT2D eigenvalue weighted by Gasteiger charge is -2.11. The number of nitrogens with zero attached hydrogens (tertiary/aromatic N) is 1. The Labute approximate surface area is 175 Å². The molecular weight excluding hydrogens is 386 g/mol. The highest BCUT2D eigenvalue weighted by atomic mass is 16.5. The average Bonchev–Trinajstić information content (AvgIpc) is 2.77. The first-order chi connectivity index (χ1) is 14.6. The summed E-state index contributed by atoms with van der Waals surface area (Å²) in [6, 6.07) is 12.0. The molecule has 0 fully saturated rings. The van der Waals surface area contributed by atoms with Gasteiger partial charge in [-0.15, -0.1) is 0 Å². The molecule has 158 valence electrons. The number of amides is 2. The van der Waals surface area contributed by atoms with Crippen LogP contribution in [-0.2, 0) is 4.79 Å². The predicted octanol–water partition coefficient (Wildman–Crippen LogP) is 2.54. The van der Waals surface area contributed by atoms with Crippen molar-refractivity contribution in [3.05, 3.63) is 66.2 Å². The quantitative estimate of drug-likeness (QED) is 0.336. The number of hydrogen-bond acceptors (Lipinski definition) is 6. The van der Waals surface area contributed by atoms with E-state index >= 15 is 0 Å². The van der Waals surface area contributed by atoms with E-state index in [-0.39, 0.29) is 24.8 Å². The highest BCUT2D eigenvalue weighted by Crippen LogP contribution is 2.30. The predicted molar refractivity (Wildman–Crippen MR) is 114 cm³/mol. The average molecular weight is 411 g/mol. The smallest absolute Gasteiger partial charge is 0.251 e. The maximum Gasteiger partial charge on any atom is 0.251 e. The molecule has 0 aliphatic heterocycles. The minimum atomic E-state index is -0.335. The van der Waals surface area contributed by atoms with Gasteiger partial charge in [-0.3, -0.25) is 9.59 Å². The number of nitrogens with one attached hydrogen (secondary N) is 2. The monoisotopic (exact) mass is 411 g/mol. The number of rotatable bonds is 11. The van der Waals surface area contributed by atoms with Crippen LogP contribution in [0.3, 0.4) is 0 Å². The highest BCUT2D eigenvalue weighted by molar-refractivity contribution is 5.94. The van der Waals surface area contributed by atoms with Crippen LogP contribution in [0, 0.1) is 0 Å². The summed E-state index contributed by atoms with van der Waals surface area (Å²) in [5.41, 5.74) is 3.56. The van der Waals surface area contributed by atoms with E-state index in [0.717, 1.165) is 0 Å². The summed E-state index contributed by atoms with van der Waals surface area (Å²) < 4.78 is 15.9. The van der Waals surface area contributed by atoms with Gasteiger partial charge in [-0.1, -0.05) is 18.7 Å². The van der Waals surface area contributed by atoms with Gasteiger partial charge in [-0.2, -0.15) is 5.10 Å². The van der Waals surface area contributed by atoms with Crippen molar-refractivity contribution in [1.29, 1.82) is 0 Å². The molecular formula is C22H25N3O5. The molecule has 0 aromatic heterocycles. The number of carbonyl (C=O) groups excluding carboxylic acids is 2. The fraction of sp³-hybridized carbons (Fsp3) is 0.227. The van der Waals surface area contributed by atoms with Crippen LogP contribution in [0.5, 0.6) is 17.2 Å². The van der Waals surface area contributed by atoms with E-state index < -0.39 is 0 Å². The molecule has 0 saturated heterocycles. The first kappa shape index (κ1) is 22.5. The molecule has 0 aliphatic rings. The lowest BCUT2D eigenvalue weighted by Crippen LogP contribution is -2.29. The summed E-state index contributed by atoms with van der Waals surface area (Å²) >= 11 is 0. The minimum Gasteiger partial charge on any atom is -0.497 e. The zero-order valence-electron chi connectivity index (χ0n) is 17.0. The van der Waals surface area contributed by atoms with Crippen LogP contribution in [0.4, 0.5) is 0 Å². The molecule has 0 bridgehead atoms. The molecule has 8 nitrogen and oxygen atoms in total. The Balaban J connectivity index is 1.83.